The molecule has 0 atom stereocenters. The fraction of sp³-hybridized carbons (Fsp3) is 0.167. The molecule has 0 aliphatic carbocycles. The summed E-state index contributed by atoms with van der Waals surface area (Å²) in [6.07, 6.45) is 5.18. The summed E-state index contributed by atoms with van der Waals surface area (Å²) in [5.41, 5.74) is 3.36. The van der Waals surface area contributed by atoms with Crippen molar-refractivity contribution in [2.45, 2.75) is 0 Å². The Hall–Kier alpha value is -1.90. The van der Waals surface area contributed by atoms with E-state index in [9.17, 15) is 0 Å². The second-order valence-electron chi connectivity index (χ2n) is 3.57. The number of hydrogen-bond acceptors (Lipinski definition) is 3. The Morgan fingerprint density at radius 3 is 2.40 bits per heavy atom. The molecule has 0 radical (unpaired) electrons. The quantitative estimate of drug-likeness (QED) is 0.742. The van der Waals surface area contributed by atoms with Gasteiger partial charge in [-0.3, -0.25) is 0 Å². The Kier molecular flexibility index (Phi) is 2.63. The van der Waals surface area contributed by atoms with Crippen LogP contribution in [0.1, 0.15) is 0 Å². The predicted octanol–water partition coefficient (Wildman–Crippen LogP) is 2.21. The normalized spacial score (nSPS) is 10.0. The van der Waals surface area contributed by atoms with Crippen molar-refractivity contribution in [3.8, 4) is 11.1 Å². The molecule has 0 saturated carbocycles. The van der Waals surface area contributed by atoms with Crippen molar-refractivity contribution in [2.75, 3.05) is 19.0 Å². The summed E-state index contributed by atoms with van der Waals surface area (Å²) in [5.74, 6) is 0. The Morgan fingerprint density at radius 1 is 1.00 bits per heavy atom. The molecular formula is C12H13N3. The molecule has 0 fully saturated rings. The van der Waals surface area contributed by atoms with Crippen LogP contribution in [0, 0.1) is 0 Å². The van der Waals surface area contributed by atoms with Gasteiger partial charge in [-0.1, -0.05) is 12.1 Å². The van der Waals surface area contributed by atoms with E-state index in [1.807, 2.05) is 32.6 Å². The van der Waals surface area contributed by atoms with Crippen LogP contribution in [0.4, 0.5) is 5.69 Å². The monoisotopic (exact) mass is 199 g/mol. The maximum atomic E-state index is 4.01. The first-order chi connectivity index (χ1) is 7.27. The van der Waals surface area contributed by atoms with Crippen molar-refractivity contribution in [3.05, 3.63) is 43.0 Å². The molecule has 0 spiro atoms. The summed E-state index contributed by atoms with van der Waals surface area (Å²) < 4.78 is 0. The lowest BCUT2D eigenvalue weighted by molar-refractivity contribution is 1.13. The molecule has 15 heavy (non-hydrogen) atoms. The third-order valence-electron chi connectivity index (χ3n) is 2.26. The highest BCUT2D eigenvalue weighted by atomic mass is 15.1. The molecule has 3 heteroatoms. The molecule has 0 saturated heterocycles. The molecule has 1 heterocycles. The van der Waals surface area contributed by atoms with Crippen LogP contribution in [0.15, 0.2) is 43.0 Å². The van der Waals surface area contributed by atoms with Gasteiger partial charge < -0.3 is 4.90 Å². The third-order valence-corrected chi connectivity index (χ3v) is 2.26. The van der Waals surface area contributed by atoms with Crippen LogP contribution >= 0.6 is 0 Å². The lowest BCUT2D eigenvalue weighted by Gasteiger charge is -2.13. The van der Waals surface area contributed by atoms with Gasteiger partial charge in [-0.05, 0) is 17.7 Å². The summed E-state index contributed by atoms with van der Waals surface area (Å²) >= 11 is 0. The molecule has 0 aliphatic rings. The van der Waals surface area contributed by atoms with Gasteiger partial charge in [0.15, 0.2) is 0 Å². The molecule has 1 aromatic heterocycles. The molecule has 0 bridgehead atoms. The highest BCUT2D eigenvalue weighted by Crippen LogP contribution is 2.22. The molecule has 2 rings (SSSR count). The zero-order valence-corrected chi connectivity index (χ0v) is 8.88. The van der Waals surface area contributed by atoms with Crippen molar-refractivity contribution in [2.24, 2.45) is 0 Å². The zero-order valence-electron chi connectivity index (χ0n) is 8.88. The third kappa shape index (κ3) is 2.13. The lowest BCUT2D eigenvalue weighted by Crippen LogP contribution is -2.08. The van der Waals surface area contributed by atoms with Crippen molar-refractivity contribution in [1.29, 1.82) is 0 Å². The molecule has 0 aliphatic heterocycles. The van der Waals surface area contributed by atoms with E-state index in [4.69, 9.17) is 0 Å². The summed E-state index contributed by atoms with van der Waals surface area (Å²) in [7, 11) is 4.06. The lowest BCUT2D eigenvalue weighted by atomic mass is 10.1. The molecule has 0 unspecified atom stereocenters. The van der Waals surface area contributed by atoms with Crippen molar-refractivity contribution in [1.82, 2.24) is 9.97 Å². The first-order valence-corrected chi connectivity index (χ1v) is 4.80. The largest absolute Gasteiger partial charge is 0.378 e. The van der Waals surface area contributed by atoms with Gasteiger partial charge in [-0.15, -0.1) is 0 Å². The van der Waals surface area contributed by atoms with Gasteiger partial charge in [0.1, 0.15) is 6.33 Å². The highest BCUT2D eigenvalue weighted by Gasteiger charge is 2.00. The number of benzene rings is 1. The maximum Gasteiger partial charge on any atom is 0.115 e. The van der Waals surface area contributed by atoms with Crippen LogP contribution in [-0.4, -0.2) is 24.1 Å². The number of hydrogen-bond donors (Lipinski definition) is 0. The average molecular weight is 199 g/mol. The van der Waals surface area contributed by atoms with Crippen molar-refractivity contribution >= 4 is 5.69 Å². The van der Waals surface area contributed by atoms with Crippen LogP contribution in [0.3, 0.4) is 0 Å². The maximum absolute atomic E-state index is 4.01. The van der Waals surface area contributed by atoms with E-state index in [2.05, 4.69) is 33.1 Å². The second kappa shape index (κ2) is 4.09. The Morgan fingerprint density at radius 2 is 1.73 bits per heavy atom. The Labute approximate surface area is 89.4 Å². The van der Waals surface area contributed by atoms with E-state index >= 15 is 0 Å². The summed E-state index contributed by atoms with van der Waals surface area (Å²) in [6.45, 7) is 0. The van der Waals surface area contributed by atoms with E-state index in [-0.39, 0.29) is 0 Å². The van der Waals surface area contributed by atoms with E-state index in [1.54, 1.807) is 6.33 Å². The van der Waals surface area contributed by atoms with Gasteiger partial charge >= 0.3 is 0 Å². The first-order valence-electron chi connectivity index (χ1n) is 4.80. The highest BCUT2D eigenvalue weighted by molar-refractivity contribution is 5.66. The molecule has 3 nitrogen and oxygen atoms in total. The smallest absolute Gasteiger partial charge is 0.115 e. The number of nitrogens with zero attached hydrogens (tertiary/aromatic N) is 3. The fourth-order valence-corrected chi connectivity index (χ4v) is 1.41. The standard InChI is InChI=1S/C12H13N3/c1-15(2)12-5-3-4-10(6-12)11-7-13-9-14-8-11/h3-9H,1-2H3. The van der Waals surface area contributed by atoms with Crippen LogP contribution in [0.25, 0.3) is 11.1 Å². The van der Waals surface area contributed by atoms with Gasteiger partial charge in [-0.2, -0.15) is 0 Å². The number of aromatic nitrogens is 2. The fourth-order valence-electron chi connectivity index (χ4n) is 1.41. The van der Waals surface area contributed by atoms with Gasteiger partial charge in [0.2, 0.25) is 0 Å². The van der Waals surface area contributed by atoms with Gasteiger partial charge in [-0.25, -0.2) is 9.97 Å². The van der Waals surface area contributed by atoms with E-state index in [0.29, 0.717) is 0 Å². The molecule has 2 aromatic rings. The van der Waals surface area contributed by atoms with Gasteiger partial charge in [0.25, 0.3) is 0 Å². The van der Waals surface area contributed by atoms with E-state index in [1.165, 1.54) is 5.69 Å². The van der Waals surface area contributed by atoms with E-state index in [0.717, 1.165) is 11.1 Å². The van der Waals surface area contributed by atoms with Crippen LogP contribution in [0.5, 0.6) is 0 Å². The number of rotatable bonds is 2. The average Bonchev–Trinajstić information content (AvgIpc) is 2.30. The summed E-state index contributed by atoms with van der Waals surface area (Å²) in [5, 5.41) is 0. The van der Waals surface area contributed by atoms with Crippen molar-refractivity contribution in [3.63, 3.8) is 0 Å². The second-order valence-corrected chi connectivity index (χ2v) is 3.57. The molecule has 1 aromatic carbocycles. The summed E-state index contributed by atoms with van der Waals surface area (Å²) in [4.78, 5) is 10.1. The zero-order chi connectivity index (χ0) is 10.7. The Balaban J connectivity index is 2.42. The molecular weight excluding hydrogens is 186 g/mol. The predicted molar refractivity (Wildman–Crippen MR) is 61.8 cm³/mol. The first kappa shape index (κ1) is 9.65. The molecule has 0 N–H and O–H groups in total. The molecule has 0 amide bonds. The van der Waals surface area contributed by atoms with E-state index < -0.39 is 0 Å². The minimum atomic E-state index is 1.04. The topological polar surface area (TPSA) is 29.0 Å². The minimum Gasteiger partial charge on any atom is -0.378 e. The minimum absolute atomic E-state index is 1.04. The van der Waals surface area contributed by atoms with Crippen LogP contribution in [0.2, 0.25) is 0 Å². The summed E-state index contributed by atoms with van der Waals surface area (Å²) in [6, 6.07) is 8.30. The SMILES string of the molecule is CN(C)c1cccc(-c2cncnc2)c1. The van der Waals surface area contributed by atoms with Crippen LogP contribution in [-0.2, 0) is 0 Å². The Bertz CT molecular complexity index is 438. The van der Waals surface area contributed by atoms with Crippen molar-refractivity contribution < 1.29 is 0 Å². The number of anilines is 1. The van der Waals surface area contributed by atoms with Gasteiger partial charge in [0, 0.05) is 37.7 Å². The van der Waals surface area contributed by atoms with Crippen LogP contribution < -0.4 is 4.90 Å². The molecule has 76 valence electrons. The van der Waals surface area contributed by atoms with Gasteiger partial charge in [0.05, 0.1) is 0 Å².